The maximum absolute atomic E-state index is 5.75. The third-order valence-corrected chi connectivity index (χ3v) is 2.54. The van der Waals surface area contributed by atoms with Crippen LogP contribution >= 0.6 is 0 Å². The molecule has 0 saturated carbocycles. The summed E-state index contributed by atoms with van der Waals surface area (Å²) in [6.45, 7) is 4.89. The SMILES string of the molecule is CCCCCOc1ccc(C)cc1C=NN=C(N)N. The Morgan fingerprint density at radius 1 is 1.32 bits per heavy atom. The average molecular weight is 262 g/mol. The first-order valence-corrected chi connectivity index (χ1v) is 6.49. The Morgan fingerprint density at radius 3 is 2.79 bits per heavy atom. The molecule has 0 saturated heterocycles. The molecule has 0 aliphatic carbocycles. The van der Waals surface area contributed by atoms with Crippen LogP contribution in [0.2, 0.25) is 0 Å². The number of rotatable bonds is 7. The van der Waals surface area contributed by atoms with Gasteiger partial charge in [0.1, 0.15) is 5.75 Å². The van der Waals surface area contributed by atoms with E-state index in [-0.39, 0.29) is 5.96 Å². The van der Waals surface area contributed by atoms with Gasteiger partial charge in [0.15, 0.2) is 0 Å². The van der Waals surface area contributed by atoms with Crippen LogP contribution in [0, 0.1) is 6.92 Å². The Labute approximate surface area is 114 Å². The summed E-state index contributed by atoms with van der Waals surface area (Å²) in [4.78, 5) is 0. The molecule has 1 aromatic carbocycles. The van der Waals surface area contributed by atoms with Crippen molar-refractivity contribution < 1.29 is 4.74 Å². The molecule has 0 aliphatic heterocycles. The number of hydrogen-bond donors (Lipinski definition) is 2. The van der Waals surface area contributed by atoms with Gasteiger partial charge >= 0.3 is 0 Å². The van der Waals surface area contributed by atoms with E-state index in [9.17, 15) is 0 Å². The summed E-state index contributed by atoms with van der Waals surface area (Å²) in [5.74, 6) is 0.741. The minimum atomic E-state index is -0.0608. The van der Waals surface area contributed by atoms with Crippen LogP contribution in [0.25, 0.3) is 0 Å². The van der Waals surface area contributed by atoms with Gasteiger partial charge in [0, 0.05) is 5.56 Å². The quantitative estimate of drug-likeness (QED) is 0.342. The Balaban J connectivity index is 2.74. The van der Waals surface area contributed by atoms with E-state index >= 15 is 0 Å². The molecule has 0 heterocycles. The van der Waals surface area contributed by atoms with Gasteiger partial charge in [-0.25, -0.2) is 0 Å². The zero-order valence-corrected chi connectivity index (χ0v) is 11.6. The van der Waals surface area contributed by atoms with Crippen LogP contribution in [0.4, 0.5) is 0 Å². The molecule has 0 radical (unpaired) electrons. The lowest BCUT2D eigenvalue weighted by atomic mass is 10.1. The minimum Gasteiger partial charge on any atom is -0.493 e. The summed E-state index contributed by atoms with van der Waals surface area (Å²) in [6.07, 6.45) is 5.00. The lowest BCUT2D eigenvalue weighted by Gasteiger charge is -2.09. The molecule has 5 nitrogen and oxygen atoms in total. The highest BCUT2D eigenvalue weighted by molar-refractivity contribution is 5.84. The summed E-state index contributed by atoms with van der Waals surface area (Å²) < 4.78 is 5.75. The molecule has 1 rings (SSSR count). The molecule has 0 bridgehead atoms. The topological polar surface area (TPSA) is 86.0 Å². The second-order valence-electron chi connectivity index (χ2n) is 4.37. The van der Waals surface area contributed by atoms with Crippen molar-refractivity contribution in [1.29, 1.82) is 0 Å². The van der Waals surface area contributed by atoms with Crippen LogP contribution < -0.4 is 16.2 Å². The molecule has 0 unspecified atom stereocenters. The van der Waals surface area contributed by atoms with Gasteiger partial charge in [-0.3, -0.25) is 0 Å². The molecule has 0 amide bonds. The maximum atomic E-state index is 5.75. The number of unbranched alkanes of at least 4 members (excludes halogenated alkanes) is 2. The van der Waals surface area contributed by atoms with E-state index in [4.69, 9.17) is 16.2 Å². The maximum Gasteiger partial charge on any atom is 0.211 e. The van der Waals surface area contributed by atoms with E-state index in [0.717, 1.165) is 23.3 Å². The number of ether oxygens (including phenoxy) is 1. The average Bonchev–Trinajstić information content (AvgIpc) is 2.36. The molecule has 4 N–H and O–H groups in total. The van der Waals surface area contributed by atoms with Gasteiger partial charge in [0.2, 0.25) is 5.96 Å². The van der Waals surface area contributed by atoms with E-state index in [0.29, 0.717) is 6.61 Å². The first kappa shape index (κ1) is 15.0. The molecule has 19 heavy (non-hydrogen) atoms. The van der Waals surface area contributed by atoms with Crippen molar-refractivity contribution in [1.82, 2.24) is 0 Å². The summed E-state index contributed by atoms with van der Waals surface area (Å²) in [6, 6.07) is 5.94. The van der Waals surface area contributed by atoms with Gasteiger partial charge < -0.3 is 16.2 Å². The molecule has 0 spiro atoms. The lowest BCUT2D eigenvalue weighted by molar-refractivity contribution is 0.306. The molecular formula is C14H22N4O. The number of nitrogens with two attached hydrogens (primary N) is 2. The smallest absolute Gasteiger partial charge is 0.211 e. The predicted octanol–water partition coefficient (Wildman–Crippen LogP) is 2.17. The zero-order valence-electron chi connectivity index (χ0n) is 11.6. The number of nitrogens with zero attached hydrogens (tertiary/aromatic N) is 2. The van der Waals surface area contributed by atoms with Crippen molar-refractivity contribution in [3.63, 3.8) is 0 Å². The van der Waals surface area contributed by atoms with Crippen LogP contribution in [0.15, 0.2) is 28.4 Å². The van der Waals surface area contributed by atoms with Crippen LogP contribution in [0.3, 0.4) is 0 Å². The molecular weight excluding hydrogens is 240 g/mol. The van der Waals surface area contributed by atoms with Gasteiger partial charge in [-0.1, -0.05) is 31.4 Å². The van der Waals surface area contributed by atoms with E-state index in [1.54, 1.807) is 6.21 Å². The minimum absolute atomic E-state index is 0.0608. The van der Waals surface area contributed by atoms with Gasteiger partial charge in [0.05, 0.1) is 12.8 Å². The van der Waals surface area contributed by atoms with E-state index in [2.05, 4.69) is 17.1 Å². The molecule has 104 valence electrons. The third-order valence-electron chi connectivity index (χ3n) is 2.54. The predicted molar refractivity (Wildman–Crippen MR) is 79.6 cm³/mol. The molecule has 1 aromatic rings. The summed E-state index contributed by atoms with van der Waals surface area (Å²) in [7, 11) is 0. The van der Waals surface area contributed by atoms with Crippen molar-refractivity contribution in [3.8, 4) is 5.75 Å². The number of aryl methyl sites for hydroxylation is 1. The second kappa shape index (κ2) is 8.13. The number of guanidine groups is 1. The molecule has 5 heteroatoms. The van der Waals surface area contributed by atoms with Gasteiger partial charge in [0.25, 0.3) is 0 Å². The summed E-state index contributed by atoms with van der Waals surface area (Å²) in [5, 5.41) is 7.41. The fourth-order valence-corrected chi connectivity index (χ4v) is 1.59. The van der Waals surface area contributed by atoms with Crippen molar-refractivity contribution in [3.05, 3.63) is 29.3 Å². The largest absolute Gasteiger partial charge is 0.493 e. The molecule has 0 atom stereocenters. The fourth-order valence-electron chi connectivity index (χ4n) is 1.59. The Morgan fingerprint density at radius 2 is 2.11 bits per heavy atom. The highest BCUT2D eigenvalue weighted by Gasteiger charge is 2.02. The summed E-state index contributed by atoms with van der Waals surface area (Å²) >= 11 is 0. The van der Waals surface area contributed by atoms with E-state index in [1.807, 2.05) is 25.1 Å². The van der Waals surface area contributed by atoms with Crippen molar-refractivity contribution in [2.75, 3.05) is 6.61 Å². The van der Waals surface area contributed by atoms with Crippen LogP contribution in [0.1, 0.15) is 37.3 Å². The van der Waals surface area contributed by atoms with Crippen LogP contribution in [-0.2, 0) is 0 Å². The van der Waals surface area contributed by atoms with Gasteiger partial charge in [-0.2, -0.15) is 5.10 Å². The third kappa shape index (κ3) is 5.90. The Kier molecular flexibility index (Phi) is 6.43. The monoisotopic (exact) mass is 262 g/mol. The van der Waals surface area contributed by atoms with Crippen LogP contribution in [0.5, 0.6) is 5.75 Å². The van der Waals surface area contributed by atoms with Crippen LogP contribution in [-0.4, -0.2) is 18.8 Å². The molecule has 0 fully saturated rings. The second-order valence-corrected chi connectivity index (χ2v) is 4.37. The van der Waals surface area contributed by atoms with E-state index < -0.39 is 0 Å². The van der Waals surface area contributed by atoms with Crippen molar-refractivity contribution in [2.45, 2.75) is 33.1 Å². The first-order chi connectivity index (χ1) is 9.13. The molecule has 0 aromatic heterocycles. The Hall–Kier alpha value is -2.04. The van der Waals surface area contributed by atoms with Crippen molar-refractivity contribution >= 4 is 12.2 Å². The summed E-state index contributed by atoms with van der Waals surface area (Å²) in [5.41, 5.74) is 12.4. The number of hydrogen-bond acceptors (Lipinski definition) is 3. The van der Waals surface area contributed by atoms with Crippen molar-refractivity contribution in [2.24, 2.45) is 21.7 Å². The lowest BCUT2D eigenvalue weighted by Crippen LogP contribution is -2.21. The van der Waals surface area contributed by atoms with Gasteiger partial charge in [-0.15, -0.1) is 5.10 Å². The van der Waals surface area contributed by atoms with Gasteiger partial charge in [-0.05, 0) is 25.5 Å². The highest BCUT2D eigenvalue weighted by Crippen LogP contribution is 2.18. The van der Waals surface area contributed by atoms with E-state index in [1.165, 1.54) is 12.8 Å². The number of benzene rings is 1. The Bertz CT molecular complexity index is 451. The zero-order chi connectivity index (χ0) is 14.1. The standard InChI is InChI=1S/C14H22N4O/c1-3-4-5-8-19-13-7-6-11(2)9-12(13)10-17-18-14(15)16/h6-7,9-10H,3-5,8H2,1-2H3,(H4,15,16,18). The fraction of sp³-hybridized carbons (Fsp3) is 0.429. The normalized spacial score (nSPS) is 10.6. The first-order valence-electron chi connectivity index (χ1n) is 6.49. The highest BCUT2D eigenvalue weighted by atomic mass is 16.5. The molecule has 0 aliphatic rings.